The van der Waals surface area contributed by atoms with Crippen molar-refractivity contribution in [2.75, 3.05) is 20.2 Å². The van der Waals surface area contributed by atoms with Gasteiger partial charge in [0.2, 0.25) is 5.91 Å². The fourth-order valence-electron chi connectivity index (χ4n) is 2.88. The molecule has 0 spiro atoms. The van der Waals surface area contributed by atoms with Crippen LogP contribution in [0.2, 0.25) is 0 Å². The van der Waals surface area contributed by atoms with Gasteiger partial charge in [0.15, 0.2) is 0 Å². The molecule has 6 nitrogen and oxygen atoms in total. The maximum absolute atomic E-state index is 12.5. The zero-order valence-electron chi connectivity index (χ0n) is 13.9. The van der Waals surface area contributed by atoms with Crippen LogP contribution in [0.1, 0.15) is 17.5 Å². The van der Waals surface area contributed by atoms with Crippen molar-refractivity contribution in [1.29, 1.82) is 0 Å². The highest BCUT2D eigenvalue weighted by molar-refractivity contribution is 5.79. The Kier molecular flexibility index (Phi) is 4.93. The lowest BCUT2D eigenvalue weighted by Gasteiger charge is -2.17. The molecule has 2 aromatic rings. The molecular formula is C18H21N3O3. The third kappa shape index (κ3) is 3.82. The molecule has 0 bridgehead atoms. The summed E-state index contributed by atoms with van der Waals surface area (Å²) in [5.41, 5.74) is 2.03. The molecule has 0 unspecified atom stereocenters. The lowest BCUT2D eigenvalue weighted by atomic mass is 10.1. The van der Waals surface area contributed by atoms with E-state index in [-0.39, 0.29) is 12.0 Å². The largest absolute Gasteiger partial charge is 0.496 e. The van der Waals surface area contributed by atoms with Crippen molar-refractivity contribution in [2.24, 2.45) is 0 Å². The molecule has 2 heterocycles. The van der Waals surface area contributed by atoms with Gasteiger partial charge in [-0.3, -0.25) is 4.79 Å². The standard InChI is InChI=1S/C18H21N3O3/c1-13-10-14(4-5-16(13)23-2)11-17(22)21-9-6-15(12-21)24-18-19-7-3-8-20-18/h3-5,7-8,10,15H,6,9,11-12H2,1-2H3/t15-/m0/s1. The molecular weight excluding hydrogens is 306 g/mol. The SMILES string of the molecule is COc1ccc(CC(=O)N2CC[C@H](Oc3ncccn3)C2)cc1C. The first-order valence-corrected chi connectivity index (χ1v) is 8.00. The van der Waals surface area contributed by atoms with Gasteiger partial charge in [-0.05, 0) is 30.2 Å². The van der Waals surface area contributed by atoms with Crippen LogP contribution >= 0.6 is 0 Å². The summed E-state index contributed by atoms with van der Waals surface area (Å²) in [6, 6.07) is 7.95. The molecule has 0 radical (unpaired) electrons. The van der Waals surface area contributed by atoms with Crippen molar-refractivity contribution in [1.82, 2.24) is 14.9 Å². The van der Waals surface area contributed by atoms with E-state index in [4.69, 9.17) is 9.47 Å². The Labute approximate surface area is 141 Å². The number of amides is 1. The van der Waals surface area contributed by atoms with Crippen molar-refractivity contribution in [3.63, 3.8) is 0 Å². The van der Waals surface area contributed by atoms with E-state index in [1.165, 1.54) is 0 Å². The molecule has 1 aromatic carbocycles. The van der Waals surface area contributed by atoms with Crippen molar-refractivity contribution in [3.8, 4) is 11.8 Å². The maximum Gasteiger partial charge on any atom is 0.316 e. The van der Waals surface area contributed by atoms with E-state index in [1.54, 1.807) is 25.6 Å². The summed E-state index contributed by atoms with van der Waals surface area (Å²) in [7, 11) is 1.65. The number of aryl methyl sites for hydroxylation is 1. The summed E-state index contributed by atoms with van der Waals surface area (Å²) in [4.78, 5) is 22.4. The second-order valence-corrected chi connectivity index (χ2v) is 5.88. The van der Waals surface area contributed by atoms with Crippen LogP contribution in [0.4, 0.5) is 0 Å². The van der Waals surface area contributed by atoms with E-state index in [1.807, 2.05) is 30.0 Å². The molecule has 1 aromatic heterocycles. The fraction of sp³-hybridized carbons (Fsp3) is 0.389. The molecule has 24 heavy (non-hydrogen) atoms. The minimum absolute atomic E-state index is 0.0473. The normalized spacial score (nSPS) is 16.9. The van der Waals surface area contributed by atoms with Gasteiger partial charge in [0.1, 0.15) is 11.9 Å². The van der Waals surface area contributed by atoms with Gasteiger partial charge in [-0.15, -0.1) is 0 Å². The summed E-state index contributed by atoms with van der Waals surface area (Å²) < 4.78 is 11.0. The average molecular weight is 327 g/mol. The molecule has 3 rings (SSSR count). The predicted molar refractivity (Wildman–Crippen MR) is 89.1 cm³/mol. The van der Waals surface area contributed by atoms with Crippen LogP contribution in [-0.2, 0) is 11.2 Å². The number of likely N-dealkylation sites (tertiary alicyclic amines) is 1. The van der Waals surface area contributed by atoms with Crippen molar-refractivity contribution >= 4 is 5.91 Å². The predicted octanol–water partition coefficient (Wildman–Crippen LogP) is 2.02. The van der Waals surface area contributed by atoms with E-state index in [0.717, 1.165) is 23.3 Å². The van der Waals surface area contributed by atoms with Gasteiger partial charge in [0.25, 0.3) is 0 Å². The number of nitrogens with zero attached hydrogens (tertiary/aromatic N) is 3. The highest BCUT2D eigenvalue weighted by Gasteiger charge is 2.28. The molecule has 6 heteroatoms. The summed E-state index contributed by atoms with van der Waals surface area (Å²) >= 11 is 0. The minimum atomic E-state index is -0.0473. The Hall–Kier alpha value is -2.63. The van der Waals surface area contributed by atoms with Gasteiger partial charge in [-0.25, -0.2) is 9.97 Å². The van der Waals surface area contributed by atoms with Crippen LogP contribution in [0.5, 0.6) is 11.8 Å². The first-order chi connectivity index (χ1) is 11.7. The lowest BCUT2D eigenvalue weighted by Crippen LogP contribution is -2.32. The number of carbonyl (C=O) groups excluding carboxylic acids is 1. The molecule has 1 saturated heterocycles. The summed E-state index contributed by atoms with van der Waals surface area (Å²) in [5.74, 6) is 0.948. The molecule has 0 aliphatic carbocycles. The van der Waals surface area contributed by atoms with E-state index in [2.05, 4.69) is 9.97 Å². The zero-order chi connectivity index (χ0) is 16.9. The summed E-state index contributed by atoms with van der Waals surface area (Å²) in [5, 5.41) is 0. The van der Waals surface area contributed by atoms with Gasteiger partial charge >= 0.3 is 6.01 Å². The van der Waals surface area contributed by atoms with E-state index in [9.17, 15) is 4.79 Å². The van der Waals surface area contributed by atoms with Crippen LogP contribution in [0, 0.1) is 6.92 Å². The second-order valence-electron chi connectivity index (χ2n) is 5.88. The van der Waals surface area contributed by atoms with Crippen LogP contribution in [0.3, 0.4) is 0 Å². The van der Waals surface area contributed by atoms with Crippen molar-refractivity contribution in [2.45, 2.75) is 25.9 Å². The Morgan fingerprint density at radius 1 is 1.33 bits per heavy atom. The number of hydrogen-bond donors (Lipinski definition) is 0. The average Bonchev–Trinajstić information content (AvgIpc) is 3.04. The molecule has 126 valence electrons. The maximum atomic E-state index is 12.5. The molecule has 1 amide bonds. The lowest BCUT2D eigenvalue weighted by molar-refractivity contribution is -0.129. The highest BCUT2D eigenvalue weighted by Crippen LogP contribution is 2.20. The smallest absolute Gasteiger partial charge is 0.316 e. The Morgan fingerprint density at radius 2 is 2.12 bits per heavy atom. The number of ether oxygens (including phenoxy) is 2. The highest BCUT2D eigenvalue weighted by atomic mass is 16.5. The topological polar surface area (TPSA) is 64.5 Å². The van der Waals surface area contributed by atoms with Gasteiger partial charge in [0, 0.05) is 25.4 Å². The number of benzene rings is 1. The molecule has 1 aliphatic rings. The number of aromatic nitrogens is 2. The van der Waals surface area contributed by atoms with Crippen LogP contribution in [0.25, 0.3) is 0 Å². The zero-order valence-corrected chi connectivity index (χ0v) is 13.9. The van der Waals surface area contributed by atoms with Gasteiger partial charge < -0.3 is 14.4 Å². The van der Waals surface area contributed by atoms with Gasteiger partial charge in [-0.1, -0.05) is 12.1 Å². The molecule has 1 fully saturated rings. The third-order valence-electron chi connectivity index (χ3n) is 4.13. The Balaban J connectivity index is 1.55. The number of rotatable bonds is 5. The van der Waals surface area contributed by atoms with E-state index < -0.39 is 0 Å². The summed E-state index contributed by atoms with van der Waals surface area (Å²) in [6.45, 7) is 3.25. The van der Waals surface area contributed by atoms with Crippen LogP contribution in [-0.4, -0.2) is 47.1 Å². The summed E-state index contributed by atoms with van der Waals surface area (Å²) in [6.07, 6.45) is 4.43. The number of carbonyl (C=O) groups is 1. The number of hydrogen-bond acceptors (Lipinski definition) is 5. The van der Waals surface area contributed by atoms with Crippen molar-refractivity contribution < 1.29 is 14.3 Å². The van der Waals surface area contributed by atoms with Gasteiger partial charge in [-0.2, -0.15) is 0 Å². The van der Waals surface area contributed by atoms with E-state index >= 15 is 0 Å². The first-order valence-electron chi connectivity index (χ1n) is 8.00. The fourth-order valence-corrected chi connectivity index (χ4v) is 2.88. The second kappa shape index (κ2) is 7.29. The minimum Gasteiger partial charge on any atom is -0.496 e. The Morgan fingerprint density at radius 3 is 2.83 bits per heavy atom. The van der Waals surface area contributed by atoms with E-state index in [0.29, 0.717) is 25.5 Å². The van der Waals surface area contributed by atoms with Crippen LogP contribution in [0.15, 0.2) is 36.7 Å². The number of methoxy groups -OCH3 is 1. The molecule has 0 N–H and O–H groups in total. The molecule has 1 atom stereocenters. The van der Waals surface area contributed by atoms with Gasteiger partial charge in [0.05, 0.1) is 20.1 Å². The monoisotopic (exact) mass is 327 g/mol. The molecule has 0 saturated carbocycles. The Bertz CT molecular complexity index is 706. The molecule has 1 aliphatic heterocycles. The first kappa shape index (κ1) is 16.2. The van der Waals surface area contributed by atoms with Crippen LogP contribution < -0.4 is 9.47 Å². The quantitative estimate of drug-likeness (QED) is 0.840. The van der Waals surface area contributed by atoms with Crippen molar-refractivity contribution in [3.05, 3.63) is 47.8 Å². The third-order valence-corrected chi connectivity index (χ3v) is 4.13.